The molecule has 2 aromatic rings. The third kappa shape index (κ3) is 3.05. The molecule has 0 unspecified atom stereocenters. The molecule has 6 heteroatoms. The lowest BCUT2D eigenvalue weighted by atomic mass is 10.1. The highest BCUT2D eigenvalue weighted by Crippen LogP contribution is 2.21. The van der Waals surface area contributed by atoms with Crippen molar-refractivity contribution in [2.24, 2.45) is 5.73 Å². The van der Waals surface area contributed by atoms with E-state index < -0.39 is 28.9 Å². The summed E-state index contributed by atoms with van der Waals surface area (Å²) in [7, 11) is 1.38. The molecule has 0 bridgehead atoms. The summed E-state index contributed by atoms with van der Waals surface area (Å²) in [6.45, 7) is 0.273. The van der Waals surface area contributed by atoms with Gasteiger partial charge in [0, 0.05) is 31.4 Å². The molecule has 0 spiro atoms. The molecule has 0 aliphatic heterocycles. The van der Waals surface area contributed by atoms with Crippen LogP contribution in [0.1, 0.15) is 15.9 Å². The number of halogens is 3. The fourth-order valence-electron chi connectivity index (χ4n) is 1.92. The molecule has 0 aliphatic carbocycles. The number of anilines is 1. The fraction of sp³-hybridized carbons (Fsp3) is 0.133. The highest BCUT2D eigenvalue weighted by atomic mass is 19.1. The number of nitrogens with zero attached hydrogens (tertiary/aromatic N) is 1. The standard InChI is InChI=1S/C15H13F3N2O/c1-20(11-4-2-3-9(5-11)8-19)15(21)14-12(17)6-10(16)7-13(14)18/h2-7H,8,19H2,1H3. The molecule has 0 aliphatic rings. The third-order valence-electron chi connectivity index (χ3n) is 3.06. The van der Waals surface area contributed by atoms with Crippen molar-refractivity contribution in [2.75, 3.05) is 11.9 Å². The number of carbonyl (C=O) groups is 1. The summed E-state index contributed by atoms with van der Waals surface area (Å²) in [6.07, 6.45) is 0. The maximum atomic E-state index is 13.6. The fourth-order valence-corrected chi connectivity index (χ4v) is 1.92. The monoisotopic (exact) mass is 294 g/mol. The first-order valence-electron chi connectivity index (χ1n) is 6.15. The molecule has 2 rings (SSSR count). The highest BCUT2D eigenvalue weighted by Gasteiger charge is 2.23. The Bertz CT molecular complexity index is 665. The van der Waals surface area contributed by atoms with Crippen molar-refractivity contribution in [2.45, 2.75) is 6.54 Å². The first kappa shape index (κ1) is 15.1. The molecule has 0 atom stereocenters. The molecule has 21 heavy (non-hydrogen) atoms. The smallest absolute Gasteiger partial charge is 0.263 e. The van der Waals surface area contributed by atoms with Crippen molar-refractivity contribution < 1.29 is 18.0 Å². The Labute approximate surface area is 119 Å². The Morgan fingerprint density at radius 2 is 1.76 bits per heavy atom. The van der Waals surface area contributed by atoms with E-state index in [9.17, 15) is 18.0 Å². The Morgan fingerprint density at radius 3 is 2.33 bits per heavy atom. The van der Waals surface area contributed by atoms with E-state index in [0.717, 1.165) is 10.5 Å². The highest BCUT2D eigenvalue weighted by molar-refractivity contribution is 6.06. The van der Waals surface area contributed by atoms with Crippen LogP contribution in [0.15, 0.2) is 36.4 Å². The zero-order valence-corrected chi connectivity index (χ0v) is 11.2. The lowest BCUT2D eigenvalue weighted by Gasteiger charge is -2.18. The number of nitrogens with two attached hydrogens (primary N) is 1. The van der Waals surface area contributed by atoms with Crippen LogP contribution in [0.5, 0.6) is 0 Å². The number of rotatable bonds is 3. The Morgan fingerprint density at radius 1 is 1.14 bits per heavy atom. The van der Waals surface area contributed by atoms with Gasteiger partial charge in [-0.15, -0.1) is 0 Å². The second-order valence-electron chi connectivity index (χ2n) is 4.48. The van der Waals surface area contributed by atoms with E-state index in [1.165, 1.54) is 7.05 Å². The van der Waals surface area contributed by atoms with E-state index in [-0.39, 0.29) is 6.54 Å². The summed E-state index contributed by atoms with van der Waals surface area (Å²) in [5, 5.41) is 0. The van der Waals surface area contributed by atoms with Crippen LogP contribution < -0.4 is 10.6 Å². The minimum absolute atomic E-state index is 0.273. The summed E-state index contributed by atoms with van der Waals surface area (Å²) >= 11 is 0. The third-order valence-corrected chi connectivity index (χ3v) is 3.06. The number of benzene rings is 2. The summed E-state index contributed by atoms with van der Waals surface area (Å²) in [5.41, 5.74) is 5.92. The second kappa shape index (κ2) is 5.97. The molecule has 0 fully saturated rings. The van der Waals surface area contributed by atoms with E-state index in [1.54, 1.807) is 24.3 Å². The molecule has 0 saturated carbocycles. The van der Waals surface area contributed by atoms with E-state index in [1.807, 2.05) is 0 Å². The van der Waals surface area contributed by atoms with Crippen LogP contribution in [0.25, 0.3) is 0 Å². The Kier molecular flexibility index (Phi) is 4.28. The van der Waals surface area contributed by atoms with Gasteiger partial charge >= 0.3 is 0 Å². The molecule has 0 aromatic heterocycles. The van der Waals surface area contributed by atoms with Crippen molar-refractivity contribution in [3.63, 3.8) is 0 Å². The van der Waals surface area contributed by atoms with Crippen LogP contribution in [-0.2, 0) is 6.54 Å². The van der Waals surface area contributed by atoms with Crippen LogP contribution in [-0.4, -0.2) is 13.0 Å². The van der Waals surface area contributed by atoms with Gasteiger partial charge in [0.1, 0.15) is 23.0 Å². The Balaban J connectivity index is 2.39. The first-order chi connectivity index (χ1) is 9.93. The lowest BCUT2D eigenvalue weighted by molar-refractivity contribution is 0.0985. The van der Waals surface area contributed by atoms with Gasteiger partial charge in [0.05, 0.1) is 0 Å². The van der Waals surface area contributed by atoms with Crippen LogP contribution in [0.2, 0.25) is 0 Å². The minimum atomic E-state index is -1.24. The van der Waals surface area contributed by atoms with Crippen LogP contribution in [0, 0.1) is 17.5 Å². The van der Waals surface area contributed by atoms with Crippen molar-refractivity contribution in [1.29, 1.82) is 0 Å². The average Bonchev–Trinajstić information content (AvgIpc) is 2.45. The number of amides is 1. The zero-order valence-electron chi connectivity index (χ0n) is 11.2. The molecule has 2 aromatic carbocycles. The molecular weight excluding hydrogens is 281 g/mol. The number of hydrogen-bond donors (Lipinski definition) is 1. The largest absolute Gasteiger partial charge is 0.326 e. The summed E-state index contributed by atoms with van der Waals surface area (Å²) < 4.78 is 40.1. The molecular formula is C15H13F3N2O. The van der Waals surface area contributed by atoms with E-state index in [0.29, 0.717) is 17.8 Å². The summed E-state index contributed by atoms with van der Waals surface area (Å²) in [5.74, 6) is -4.45. The van der Waals surface area contributed by atoms with Gasteiger partial charge in [-0.3, -0.25) is 4.79 Å². The summed E-state index contributed by atoms with van der Waals surface area (Å²) in [6, 6.07) is 7.63. The van der Waals surface area contributed by atoms with Gasteiger partial charge in [-0.2, -0.15) is 0 Å². The van der Waals surface area contributed by atoms with Gasteiger partial charge in [-0.25, -0.2) is 13.2 Å². The first-order valence-corrected chi connectivity index (χ1v) is 6.15. The predicted octanol–water partition coefficient (Wildman–Crippen LogP) is 2.84. The maximum Gasteiger partial charge on any atom is 0.263 e. The quantitative estimate of drug-likeness (QED) is 0.946. The SMILES string of the molecule is CN(C(=O)c1c(F)cc(F)cc1F)c1cccc(CN)c1. The second-order valence-corrected chi connectivity index (χ2v) is 4.48. The lowest BCUT2D eigenvalue weighted by Crippen LogP contribution is -2.28. The zero-order chi connectivity index (χ0) is 15.6. The van der Waals surface area contributed by atoms with Crippen molar-refractivity contribution in [1.82, 2.24) is 0 Å². The van der Waals surface area contributed by atoms with Gasteiger partial charge < -0.3 is 10.6 Å². The van der Waals surface area contributed by atoms with Crippen LogP contribution >= 0.6 is 0 Å². The number of carbonyl (C=O) groups excluding carboxylic acids is 1. The van der Waals surface area contributed by atoms with E-state index in [2.05, 4.69) is 0 Å². The van der Waals surface area contributed by atoms with Crippen molar-refractivity contribution in [3.05, 3.63) is 65.0 Å². The van der Waals surface area contributed by atoms with Crippen molar-refractivity contribution in [3.8, 4) is 0 Å². The average molecular weight is 294 g/mol. The van der Waals surface area contributed by atoms with Crippen LogP contribution in [0.4, 0.5) is 18.9 Å². The molecule has 0 radical (unpaired) electrons. The minimum Gasteiger partial charge on any atom is -0.326 e. The van der Waals surface area contributed by atoms with Gasteiger partial charge in [0.15, 0.2) is 0 Å². The topological polar surface area (TPSA) is 46.3 Å². The van der Waals surface area contributed by atoms with Gasteiger partial charge in [-0.05, 0) is 17.7 Å². The summed E-state index contributed by atoms with van der Waals surface area (Å²) in [4.78, 5) is 13.3. The molecule has 0 heterocycles. The Hall–Kier alpha value is -2.34. The van der Waals surface area contributed by atoms with Gasteiger partial charge in [-0.1, -0.05) is 12.1 Å². The molecule has 110 valence electrons. The molecule has 0 saturated heterocycles. The van der Waals surface area contributed by atoms with E-state index >= 15 is 0 Å². The van der Waals surface area contributed by atoms with Crippen molar-refractivity contribution >= 4 is 11.6 Å². The normalized spacial score (nSPS) is 10.5. The van der Waals surface area contributed by atoms with Gasteiger partial charge in [0.25, 0.3) is 5.91 Å². The molecule has 2 N–H and O–H groups in total. The maximum absolute atomic E-state index is 13.6. The van der Waals surface area contributed by atoms with E-state index in [4.69, 9.17) is 5.73 Å². The van der Waals surface area contributed by atoms with Gasteiger partial charge in [0.2, 0.25) is 0 Å². The predicted molar refractivity (Wildman–Crippen MR) is 73.4 cm³/mol. The molecule has 1 amide bonds. The molecule has 3 nitrogen and oxygen atoms in total. The van der Waals surface area contributed by atoms with Crippen LogP contribution in [0.3, 0.4) is 0 Å². The number of hydrogen-bond acceptors (Lipinski definition) is 2.